The number of rotatable bonds is 8. The van der Waals surface area contributed by atoms with Gasteiger partial charge >= 0.3 is 0 Å². The molecule has 0 bridgehead atoms. The van der Waals surface area contributed by atoms with Crippen molar-refractivity contribution in [2.75, 3.05) is 26.7 Å². The molecule has 0 aliphatic heterocycles. The van der Waals surface area contributed by atoms with Crippen LogP contribution in [0.5, 0.6) is 0 Å². The van der Waals surface area contributed by atoms with Crippen LogP contribution in [0.15, 0.2) is 46.0 Å². The van der Waals surface area contributed by atoms with Gasteiger partial charge in [-0.25, -0.2) is 4.39 Å². The van der Waals surface area contributed by atoms with E-state index in [1.54, 1.807) is 12.1 Å². The molecular weight excluding hydrogens is 474 g/mol. The number of carbonyl (C=O) groups excluding carboxylic acids is 1. The van der Waals surface area contributed by atoms with Gasteiger partial charge in [0.15, 0.2) is 11.7 Å². The largest absolute Gasteiger partial charge is 0.459 e. The highest BCUT2D eigenvalue weighted by Crippen LogP contribution is 2.08. The molecule has 0 radical (unpaired) electrons. The Labute approximate surface area is 182 Å². The lowest BCUT2D eigenvalue weighted by atomic mass is 10.2. The standard InChI is InChI=1S/C20H27FN4O2.HI/c1-4-22-20(25(3)14-16-7-5-8-17(21)13-16)24-11-6-10-23-19(26)18-15(2)9-12-27-18;/h5,7-9,12-13H,4,6,10-11,14H2,1-3H3,(H,22,24)(H,23,26);1H. The van der Waals surface area contributed by atoms with Gasteiger partial charge in [0, 0.05) is 38.8 Å². The molecule has 1 aromatic heterocycles. The summed E-state index contributed by atoms with van der Waals surface area (Å²) in [5.41, 5.74) is 1.70. The fraction of sp³-hybridized carbons (Fsp3) is 0.400. The van der Waals surface area contributed by atoms with E-state index in [-0.39, 0.29) is 35.7 Å². The lowest BCUT2D eigenvalue weighted by Gasteiger charge is -2.22. The van der Waals surface area contributed by atoms with Crippen molar-refractivity contribution < 1.29 is 13.6 Å². The molecule has 0 atom stereocenters. The molecule has 8 heteroatoms. The second kappa shape index (κ2) is 12.4. The van der Waals surface area contributed by atoms with Crippen LogP contribution >= 0.6 is 24.0 Å². The molecule has 2 N–H and O–H groups in total. The van der Waals surface area contributed by atoms with E-state index >= 15 is 0 Å². The van der Waals surface area contributed by atoms with Crippen LogP contribution in [0.3, 0.4) is 0 Å². The van der Waals surface area contributed by atoms with Crippen molar-refractivity contribution >= 4 is 35.8 Å². The zero-order valence-corrected chi connectivity index (χ0v) is 18.8. The number of aliphatic imine (C=N–C) groups is 1. The number of furan rings is 1. The normalized spacial score (nSPS) is 10.9. The molecule has 0 aliphatic rings. The quantitative estimate of drug-likeness (QED) is 0.251. The molecule has 0 fully saturated rings. The van der Waals surface area contributed by atoms with Crippen LogP contribution in [0, 0.1) is 12.7 Å². The van der Waals surface area contributed by atoms with Gasteiger partial charge in [-0.2, -0.15) is 0 Å². The maximum atomic E-state index is 13.3. The Morgan fingerprint density at radius 2 is 2.07 bits per heavy atom. The van der Waals surface area contributed by atoms with Gasteiger partial charge in [-0.05, 0) is 44.0 Å². The summed E-state index contributed by atoms with van der Waals surface area (Å²) in [5.74, 6) is 0.638. The Morgan fingerprint density at radius 1 is 1.29 bits per heavy atom. The number of nitrogens with one attached hydrogen (secondary N) is 2. The van der Waals surface area contributed by atoms with E-state index in [4.69, 9.17) is 4.42 Å². The maximum Gasteiger partial charge on any atom is 0.287 e. The van der Waals surface area contributed by atoms with Gasteiger partial charge in [0.1, 0.15) is 5.82 Å². The van der Waals surface area contributed by atoms with Crippen molar-refractivity contribution in [3.63, 3.8) is 0 Å². The van der Waals surface area contributed by atoms with E-state index in [9.17, 15) is 9.18 Å². The minimum Gasteiger partial charge on any atom is -0.459 e. The predicted molar refractivity (Wildman–Crippen MR) is 120 cm³/mol. The van der Waals surface area contributed by atoms with E-state index in [1.165, 1.54) is 18.4 Å². The number of halogens is 2. The first-order chi connectivity index (χ1) is 13.0. The Morgan fingerprint density at radius 3 is 2.71 bits per heavy atom. The fourth-order valence-electron chi connectivity index (χ4n) is 2.61. The summed E-state index contributed by atoms with van der Waals surface area (Å²) < 4.78 is 18.5. The molecule has 1 aromatic carbocycles. The molecule has 1 amide bonds. The first kappa shape index (κ1) is 23.9. The summed E-state index contributed by atoms with van der Waals surface area (Å²) in [7, 11) is 1.91. The number of nitrogens with zero attached hydrogens (tertiary/aromatic N) is 2. The van der Waals surface area contributed by atoms with E-state index in [1.807, 2.05) is 31.9 Å². The molecule has 0 unspecified atom stereocenters. The summed E-state index contributed by atoms with van der Waals surface area (Å²) in [6, 6.07) is 8.30. The second-order valence-electron chi connectivity index (χ2n) is 6.26. The maximum absolute atomic E-state index is 13.3. The van der Waals surface area contributed by atoms with Crippen molar-refractivity contribution in [2.45, 2.75) is 26.8 Å². The number of hydrogen-bond donors (Lipinski definition) is 2. The van der Waals surface area contributed by atoms with Crippen molar-refractivity contribution in [1.82, 2.24) is 15.5 Å². The van der Waals surface area contributed by atoms with E-state index < -0.39 is 0 Å². The number of carbonyl (C=O) groups is 1. The number of hydrogen-bond acceptors (Lipinski definition) is 3. The van der Waals surface area contributed by atoms with Crippen LogP contribution in [0.1, 0.15) is 35.0 Å². The molecule has 2 rings (SSSR count). The third-order valence-electron chi connectivity index (χ3n) is 3.96. The molecule has 0 saturated carbocycles. The van der Waals surface area contributed by atoms with Crippen molar-refractivity contribution in [3.05, 3.63) is 59.3 Å². The highest BCUT2D eigenvalue weighted by molar-refractivity contribution is 14.0. The van der Waals surface area contributed by atoms with E-state index in [0.717, 1.165) is 23.6 Å². The van der Waals surface area contributed by atoms with Gasteiger partial charge in [-0.3, -0.25) is 9.79 Å². The first-order valence-corrected chi connectivity index (χ1v) is 9.07. The monoisotopic (exact) mass is 502 g/mol. The van der Waals surface area contributed by atoms with Gasteiger partial charge in [-0.1, -0.05) is 12.1 Å². The van der Waals surface area contributed by atoms with Crippen molar-refractivity contribution in [2.24, 2.45) is 4.99 Å². The molecular formula is C20H28FIN4O2. The molecule has 0 spiro atoms. The molecule has 154 valence electrons. The summed E-state index contributed by atoms with van der Waals surface area (Å²) in [5, 5.41) is 6.06. The highest BCUT2D eigenvalue weighted by atomic mass is 127. The molecule has 2 aromatic rings. The van der Waals surface area contributed by atoms with E-state index in [2.05, 4.69) is 15.6 Å². The fourth-order valence-corrected chi connectivity index (χ4v) is 2.61. The summed E-state index contributed by atoms with van der Waals surface area (Å²) >= 11 is 0. The number of aryl methyl sites for hydroxylation is 1. The molecule has 28 heavy (non-hydrogen) atoms. The van der Waals surface area contributed by atoms with Gasteiger partial charge in [0.25, 0.3) is 5.91 Å². The molecule has 0 saturated heterocycles. The molecule has 0 aliphatic carbocycles. The summed E-state index contributed by atoms with van der Waals surface area (Å²) in [6.07, 6.45) is 2.21. The van der Waals surface area contributed by atoms with Crippen LogP contribution in [-0.4, -0.2) is 43.4 Å². The average molecular weight is 502 g/mol. The van der Waals surface area contributed by atoms with Gasteiger partial charge in [-0.15, -0.1) is 24.0 Å². The van der Waals surface area contributed by atoms with Crippen LogP contribution < -0.4 is 10.6 Å². The summed E-state index contributed by atoms with van der Waals surface area (Å²) in [6.45, 7) is 6.19. The van der Waals surface area contributed by atoms with Crippen LogP contribution in [0.2, 0.25) is 0 Å². The Hall–Kier alpha value is -2.10. The third-order valence-corrected chi connectivity index (χ3v) is 3.96. The first-order valence-electron chi connectivity index (χ1n) is 9.07. The minimum atomic E-state index is -0.245. The highest BCUT2D eigenvalue weighted by Gasteiger charge is 2.11. The van der Waals surface area contributed by atoms with Crippen molar-refractivity contribution in [3.8, 4) is 0 Å². The third kappa shape index (κ3) is 7.49. The van der Waals surface area contributed by atoms with Crippen LogP contribution in [0.4, 0.5) is 4.39 Å². The topological polar surface area (TPSA) is 69.9 Å². The van der Waals surface area contributed by atoms with Gasteiger partial charge in [0.05, 0.1) is 6.26 Å². The average Bonchev–Trinajstić information content (AvgIpc) is 3.06. The lowest BCUT2D eigenvalue weighted by molar-refractivity contribution is 0.0925. The zero-order valence-electron chi connectivity index (χ0n) is 16.5. The second-order valence-corrected chi connectivity index (χ2v) is 6.26. The van der Waals surface area contributed by atoms with Gasteiger partial charge in [0.2, 0.25) is 0 Å². The van der Waals surface area contributed by atoms with Gasteiger partial charge < -0.3 is 20.0 Å². The summed E-state index contributed by atoms with van der Waals surface area (Å²) in [4.78, 5) is 18.5. The lowest BCUT2D eigenvalue weighted by Crippen LogP contribution is -2.38. The van der Waals surface area contributed by atoms with E-state index in [0.29, 0.717) is 31.8 Å². The predicted octanol–water partition coefficient (Wildman–Crippen LogP) is 3.56. The zero-order chi connectivity index (χ0) is 19.6. The minimum absolute atomic E-state index is 0. The Kier molecular flexibility index (Phi) is 10.6. The smallest absolute Gasteiger partial charge is 0.287 e. The van der Waals surface area contributed by atoms with Crippen LogP contribution in [0.25, 0.3) is 0 Å². The number of benzene rings is 1. The Balaban J connectivity index is 0.00000392. The molecule has 6 nitrogen and oxygen atoms in total. The van der Waals surface area contributed by atoms with Crippen LogP contribution in [-0.2, 0) is 6.54 Å². The number of amides is 1. The Bertz CT molecular complexity index is 779. The molecule has 1 heterocycles. The SMILES string of the molecule is CCNC(=NCCCNC(=O)c1occc1C)N(C)Cc1cccc(F)c1.I. The van der Waals surface area contributed by atoms with Crippen molar-refractivity contribution in [1.29, 1.82) is 0 Å². The number of guanidine groups is 1.